The summed E-state index contributed by atoms with van der Waals surface area (Å²) in [5.41, 5.74) is 0.726. The number of nitrogens with zero attached hydrogens (tertiary/aromatic N) is 3. The Labute approximate surface area is 166 Å². The van der Waals surface area contributed by atoms with Crippen LogP contribution in [0.2, 0.25) is 0 Å². The van der Waals surface area contributed by atoms with Gasteiger partial charge < -0.3 is 10.1 Å². The topological polar surface area (TPSA) is 86.1 Å². The molecule has 29 heavy (non-hydrogen) atoms. The normalized spacial score (nSPS) is 11.8. The van der Waals surface area contributed by atoms with Gasteiger partial charge in [-0.05, 0) is 55.5 Å². The van der Waals surface area contributed by atoms with Crippen molar-refractivity contribution in [2.45, 2.75) is 13.0 Å². The van der Waals surface area contributed by atoms with Crippen LogP contribution < -0.4 is 15.6 Å². The first kappa shape index (κ1) is 18.4. The van der Waals surface area contributed by atoms with Crippen LogP contribution in [0, 0.1) is 0 Å². The number of carbonyl (C=O) groups is 1. The number of amides is 1. The minimum atomic E-state index is -0.820. The molecule has 0 saturated carbocycles. The second kappa shape index (κ2) is 7.93. The Kier molecular flexibility index (Phi) is 5.03. The maximum Gasteiger partial charge on any atom is 0.278 e. The van der Waals surface area contributed by atoms with E-state index in [-0.39, 0.29) is 11.5 Å². The van der Waals surface area contributed by atoms with Crippen LogP contribution >= 0.6 is 0 Å². The molecule has 0 radical (unpaired) electrons. The molecule has 0 aliphatic rings. The number of rotatable bonds is 5. The van der Waals surface area contributed by atoms with E-state index in [0.717, 1.165) is 10.4 Å². The molecule has 7 nitrogen and oxygen atoms in total. The van der Waals surface area contributed by atoms with Crippen LogP contribution in [0.3, 0.4) is 0 Å². The third-order valence-corrected chi connectivity index (χ3v) is 4.44. The molecule has 0 fully saturated rings. The first-order valence-electron chi connectivity index (χ1n) is 9.10. The van der Waals surface area contributed by atoms with E-state index >= 15 is 0 Å². The molecule has 1 unspecified atom stereocenters. The Bertz CT molecular complexity index is 1200. The van der Waals surface area contributed by atoms with E-state index in [4.69, 9.17) is 4.74 Å². The highest BCUT2D eigenvalue weighted by molar-refractivity contribution is 5.93. The van der Waals surface area contributed by atoms with Gasteiger partial charge in [-0.1, -0.05) is 35.5 Å². The second-order valence-electron chi connectivity index (χ2n) is 6.46. The average molecular weight is 386 g/mol. The summed E-state index contributed by atoms with van der Waals surface area (Å²) in [5.74, 6) is 1.01. The molecule has 1 N–H and O–H groups in total. The minimum absolute atomic E-state index is 0.357. The molecule has 0 aliphatic carbocycles. The molecule has 3 aromatic carbocycles. The highest BCUT2D eigenvalue weighted by Gasteiger charge is 2.19. The maximum absolute atomic E-state index is 12.6. The zero-order chi connectivity index (χ0) is 20.2. The van der Waals surface area contributed by atoms with Crippen LogP contribution in [-0.2, 0) is 4.79 Å². The summed E-state index contributed by atoms with van der Waals surface area (Å²) in [5, 5.41) is 11.1. The first-order chi connectivity index (χ1) is 14.1. The molecule has 7 heteroatoms. The van der Waals surface area contributed by atoms with Crippen molar-refractivity contribution in [1.29, 1.82) is 0 Å². The van der Waals surface area contributed by atoms with E-state index in [1.54, 1.807) is 55.5 Å². The van der Waals surface area contributed by atoms with Crippen LogP contribution in [0.5, 0.6) is 11.5 Å². The predicted octanol–water partition coefficient (Wildman–Crippen LogP) is 3.78. The Hall–Kier alpha value is -4.00. The Morgan fingerprint density at radius 3 is 2.34 bits per heavy atom. The molecular weight excluding hydrogens is 368 g/mol. The van der Waals surface area contributed by atoms with Crippen LogP contribution in [0.25, 0.3) is 10.9 Å². The number of ether oxygens (including phenoxy) is 1. The number of anilines is 1. The molecule has 1 heterocycles. The van der Waals surface area contributed by atoms with E-state index in [1.165, 1.54) is 0 Å². The number of hydrogen-bond donors (Lipinski definition) is 1. The van der Waals surface area contributed by atoms with Crippen molar-refractivity contribution in [3.8, 4) is 11.5 Å². The van der Waals surface area contributed by atoms with Crippen LogP contribution in [-0.4, -0.2) is 20.9 Å². The number of aromatic nitrogens is 3. The van der Waals surface area contributed by atoms with Crippen LogP contribution in [0.4, 0.5) is 5.69 Å². The zero-order valence-electron chi connectivity index (χ0n) is 15.6. The molecule has 144 valence electrons. The molecule has 4 aromatic rings. The van der Waals surface area contributed by atoms with Gasteiger partial charge in [-0.3, -0.25) is 9.59 Å². The lowest BCUT2D eigenvalue weighted by Gasteiger charge is -2.14. The van der Waals surface area contributed by atoms with Crippen LogP contribution in [0.1, 0.15) is 13.0 Å². The highest BCUT2D eigenvalue weighted by Crippen LogP contribution is 2.23. The molecule has 1 atom stereocenters. The summed E-state index contributed by atoms with van der Waals surface area (Å²) in [6.45, 7) is 1.60. The molecular formula is C22H18N4O3. The number of fused-ring (bicyclic) bond motifs is 1. The fraction of sp³-hybridized carbons (Fsp3) is 0.0909. The Morgan fingerprint density at radius 2 is 1.59 bits per heavy atom. The van der Waals surface area contributed by atoms with E-state index < -0.39 is 6.04 Å². The number of para-hydroxylation sites is 1. The summed E-state index contributed by atoms with van der Waals surface area (Å²) in [6.07, 6.45) is 0. The number of hydrogen-bond acceptors (Lipinski definition) is 5. The van der Waals surface area contributed by atoms with E-state index in [1.807, 2.05) is 30.3 Å². The van der Waals surface area contributed by atoms with Crippen molar-refractivity contribution in [3.05, 3.63) is 89.2 Å². The fourth-order valence-corrected chi connectivity index (χ4v) is 2.84. The predicted molar refractivity (Wildman–Crippen MR) is 110 cm³/mol. The summed E-state index contributed by atoms with van der Waals surface area (Å²) < 4.78 is 6.82. The fourth-order valence-electron chi connectivity index (χ4n) is 2.84. The maximum atomic E-state index is 12.6. The monoisotopic (exact) mass is 386 g/mol. The molecule has 0 spiro atoms. The van der Waals surface area contributed by atoms with Gasteiger partial charge in [-0.2, -0.15) is 4.68 Å². The van der Waals surface area contributed by atoms with Crippen molar-refractivity contribution in [2.24, 2.45) is 0 Å². The standard InChI is InChI=1S/C22H18N4O3/c1-15(26-22(28)19-9-5-6-10-20(19)24-25-26)21(27)23-16-11-13-18(14-12-16)29-17-7-3-2-4-8-17/h2-15H,1H3,(H,23,27). The van der Waals surface area contributed by atoms with Gasteiger partial charge in [0.25, 0.3) is 5.56 Å². The van der Waals surface area contributed by atoms with E-state index in [0.29, 0.717) is 22.3 Å². The lowest BCUT2D eigenvalue weighted by Crippen LogP contribution is -2.34. The number of carbonyl (C=O) groups excluding carboxylic acids is 1. The third-order valence-electron chi connectivity index (χ3n) is 4.44. The van der Waals surface area contributed by atoms with Gasteiger partial charge in [0, 0.05) is 5.69 Å². The van der Waals surface area contributed by atoms with Crippen molar-refractivity contribution in [3.63, 3.8) is 0 Å². The average Bonchev–Trinajstić information content (AvgIpc) is 2.76. The smallest absolute Gasteiger partial charge is 0.278 e. The zero-order valence-corrected chi connectivity index (χ0v) is 15.6. The first-order valence-corrected chi connectivity index (χ1v) is 9.10. The SMILES string of the molecule is CC(C(=O)Nc1ccc(Oc2ccccc2)cc1)n1nnc2ccccc2c1=O. The summed E-state index contributed by atoms with van der Waals surface area (Å²) in [4.78, 5) is 25.2. The highest BCUT2D eigenvalue weighted by atomic mass is 16.5. The molecule has 0 bridgehead atoms. The van der Waals surface area contributed by atoms with Crippen molar-refractivity contribution in [1.82, 2.24) is 15.0 Å². The number of benzene rings is 3. The second-order valence-corrected chi connectivity index (χ2v) is 6.46. The summed E-state index contributed by atoms with van der Waals surface area (Å²) in [7, 11) is 0. The lowest BCUT2D eigenvalue weighted by atomic mass is 10.2. The molecule has 4 rings (SSSR count). The Morgan fingerprint density at radius 1 is 0.931 bits per heavy atom. The van der Waals surface area contributed by atoms with Crippen molar-refractivity contribution >= 4 is 22.5 Å². The number of nitrogens with one attached hydrogen (secondary N) is 1. The van der Waals surface area contributed by atoms with Gasteiger partial charge in [0.2, 0.25) is 5.91 Å². The molecule has 1 amide bonds. The van der Waals surface area contributed by atoms with Crippen molar-refractivity contribution in [2.75, 3.05) is 5.32 Å². The third kappa shape index (κ3) is 3.98. The molecule has 0 aliphatic heterocycles. The lowest BCUT2D eigenvalue weighted by molar-refractivity contribution is -0.119. The minimum Gasteiger partial charge on any atom is -0.457 e. The summed E-state index contributed by atoms with van der Waals surface area (Å²) in [6, 6.07) is 22.5. The molecule has 1 aromatic heterocycles. The van der Waals surface area contributed by atoms with E-state index in [9.17, 15) is 9.59 Å². The Balaban J connectivity index is 1.48. The van der Waals surface area contributed by atoms with Gasteiger partial charge in [0.15, 0.2) is 0 Å². The van der Waals surface area contributed by atoms with Crippen molar-refractivity contribution < 1.29 is 9.53 Å². The van der Waals surface area contributed by atoms with E-state index in [2.05, 4.69) is 15.6 Å². The van der Waals surface area contributed by atoms with Gasteiger partial charge >= 0.3 is 0 Å². The van der Waals surface area contributed by atoms with Crippen LogP contribution in [0.15, 0.2) is 83.7 Å². The van der Waals surface area contributed by atoms with Gasteiger partial charge in [0.1, 0.15) is 23.1 Å². The molecule has 0 saturated heterocycles. The summed E-state index contributed by atoms with van der Waals surface area (Å²) >= 11 is 0. The quantitative estimate of drug-likeness (QED) is 0.564. The largest absolute Gasteiger partial charge is 0.457 e. The van der Waals surface area contributed by atoms with Gasteiger partial charge in [0.05, 0.1) is 5.39 Å². The van der Waals surface area contributed by atoms with Gasteiger partial charge in [-0.15, -0.1) is 5.10 Å². The van der Waals surface area contributed by atoms with Gasteiger partial charge in [-0.25, -0.2) is 0 Å².